The van der Waals surface area contributed by atoms with Gasteiger partial charge in [-0.15, -0.1) is 0 Å². The van der Waals surface area contributed by atoms with Gasteiger partial charge < -0.3 is 9.32 Å². The highest BCUT2D eigenvalue weighted by Gasteiger charge is 2.19. The summed E-state index contributed by atoms with van der Waals surface area (Å²) in [4.78, 5) is 18.7. The van der Waals surface area contributed by atoms with Crippen LogP contribution in [0, 0.1) is 0 Å². The Morgan fingerprint density at radius 2 is 1.88 bits per heavy atom. The van der Waals surface area contributed by atoms with Crippen LogP contribution in [0.1, 0.15) is 23.0 Å². The van der Waals surface area contributed by atoms with Crippen molar-refractivity contribution >= 4 is 29.1 Å². The summed E-state index contributed by atoms with van der Waals surface area (Å²) >= 11 is 11.9. The van der Waals surface area contributed by atoms with E-state index >= 15 is 0 Å². The smallest absolute Gasteiger partial charge is 0.276 e. The van der Waals surface area contributed by atoms with E-state index in [1.165, 1.54) is 6.26 Å². The topological polar surface area (TPSA) is 46.3 Å². The lowest BCUT2D eigenvalue weighted by Gasteiger charge is -2.19. The zero-order valence-electron chi connectivity index (χ0n) is 13.6. The van der Waals surface area contributed by atoms with Crippen LogP contribution >= 0.6 is 23.2 Å². The fraction of sp³-hybridized carbons (Fsp3) is 0.158. The highest BCUT2D eigenvalue weighted by Crippen LogP contribution is 2.28. The van der Waals surface area contributed by atoms with Crippen molar-refractivity contribution in [3.63, 3.8) is 0 Å². The van der Waals surface area contributed by atoms with Crippen molar-refractivity contribution in [2.75, 3.05) is 6.54 Å². The molecule has 3 aromatic rings. The third-order valence-electron chi connectivity index (χ3n) is 3.78. The van der Waals surface area contributed by atoms with Gasteiger partial charge in [-0.25, -0.2) is 4.98 Å². The Bertz CT molecular complexity index is 878. The molecule has 2 aromatic carbocycles. The summed E-state index contributed by atoms with van der Waals surface area (Å²) in [7, 11) is 0. The second kappa shape index (κ2) is 7.72. The Hall–Kier alpha value is -2.30. The lowest BCUT2D eigenvalue weighted by molar-refractivity contribution is 0.0746. The molecule has 0 N–H and O–H groups in total. The lowest BCUT2D eigenvalue weighted by Crippen LogP contribution is -2.30. The molecule has 0 saturated carbocycles. The Labute approximate surface area is 156 Å². The van der Waals surface area contributed by atoms with Crippen LogP contribution < -0.4 is 0 Å². The molecule has 3 rings (SSSR count). The Morgan fingerprint density at radius 3 is 2.56 bits per heavy atom. The predicted molar refractivity (Wildman–Crippen MR) is 98.8 cm³/mol. The summed E-state index contributed by atoms with van der Waals surface area (Å²) in [5.41, 5.74) is 1.99. The minimum Gasteiger partial charge on any atom is -0.444 e. The van der Waals surface area contributed by atoms with Crippen LogP contribution in [0.2, 0.25) is 10.0 Å². The number of hydrogen-bond acceptors (Lipinski definition) is 3. The van der Waals surface area contributed by atoms with Gasteiger partial charge in [0.15, 0.2) is 5.69 Å². The zero-order chi connectivity index (χ0) is 17.8. The van der Waals surface area contributed by atoms with Crippen LogP contribution in [0.25, 0.3) is 11.5 Å². The molecule has 4 nitrogen and oxygen atoms in total. The molecule has 0 saturated heterocycles. The lowest BCUT2D eigenvalue weighted by atomic mass is 10.2. The first-order chi connectivity index (χ1) is 12.1. The van der Waals surface area contributed by atoms with E-state index in [1.807, 2.05) is 37.3 Å². The molecule has 0 aliphatic rings. The molecule has 0 spiro atoms. The maximum absolute atomic E-state index is 12.7. The van der Waals surface area contributed by atoms with E-state index in [0.717, 1.165) is 5.56 Å². The van der Waals surface area contributed by atoms with E-state index in [4.69, 9.17) is 27.6 Å². The molecule has 128 valence electrons. The van der Waals surface area contributed by atoms with Crippen molar-refractivity contribution in [1.82, 2.24) is 9.88 Å². The fourth-order valence-electron chi connectivity index (χ4n) is 2.43. The monoisotopic (exact) mass is 374 g/mol. The van der Waals surface area contributed by atoms with Crippen LogP contribution in [0.4, 0.5) is 0 Å². The SMILES string of the molecule is CCN(Cc1ccccc1)C(=O)c1coc(-c2ccc(Cl)c(Cl)c2)n1. The molecule has 0 bridgehead atoms. The third kappa shape index (κ3) is 4.03. The first-order valence-corrected chi connectivity index (χ1v) is 8.58. The molecule has 1 heterocycles. The van der Waals surface area contributed by atoms with Gasteiger partial charge in [0.25, 0.3) is 5.91 Å². The third-order valence-corrected chi connectivity index (χ3v) is 4.51. The standard InChI is InChI=1S/C19H16Cl2N2O2/c1-2-23(11-13-6-4-3-5-7-13)19(24)17-12-25-18(22-17)14-8-9-15(20)16(21)10-14/h3-10,12H,2,11H2,1H3. The van der Waals surface area contributed by atoms with E-state index in [9.17, 15) is 4.79 Å². The van der Waals surface area contributed by atoms with Gasteiger partial charge >= 0.3 is 0 Å². The number of carbonyl (C=O) groups is 1. The number of carbonyl (C=O) groups excluding carboxylic acids is 1. The maximum atomic E-state index is 12.7. The van der Waals surface area contributed by atoms with E-state index in [-0.39, 0.29) is 11.6 Å². The molecule has 25 heavy (non-hydrogen) atoms. The van der Waals surface area contributed by atoms with E-state index < -0.39 is 0 Å². The molecule has 0 fully saturated rings. The van der Waals surface area contributed by atoms with Crippen LogP contribution in [0.5, 0.6) is 0 Å². The molecule has 0 atom stereocenters. The van der Waals surface area contributed by atoms with Crippen LogP contribution in [0.3, 0.4) is 0 Å². The molecule has 6 heteroatoms. The highest BCUT2D eigenvalue weighted by atomic mass is 35.5. The van der Waals surface area contributed by atoms with Gasteiger partial charge in [0.05, 0.1) is 10.0 Å². The number of nitrogens with zero attached hydrogens (tertiary/aromatic N) is 2. The number of aromatic nitrogens is 1. The number of rotatable bonds is 5. The van der Waals surface area contributed by atoms with E-state index in [1.54, 1.807) is 23.1 Å². The van der Waals surface area contributed by atoms with Crippen molar-refractivity contribution in [1.29, 1.82) is 0 Å². The molecule has 0 aliphatic heterocycles. The number of amides is 1. The Balaban J connectivity index is 1.80. The molecule has 0 aliphatic carbocycles. The van der Waals surface area contributed by atoms with Gasteiger partial charge in [0, 0.05) is 18.7 Å². The van der Waals surface area contributed by atoms with E-state index in [2.05, 4.69) is 4.98 Å². The van der Waals surface area contributed by atoms with Crippen LogP contribution in [-0.4, -0.2) is 22.3 Å². The highest BCUT2D eigenvalue weighted by molar-refractivity contribution is 6.42. The van der Waals surface area contributed by atoms with Gasteiger partial charge in [-0.1, -0.05) is 53.5 Å². The molecule has 0 radical (unpaired) electrons. The molecule has 0 unspecified atom stereocenters. The van der Waals surface area contributed by atoms with Crippen LogP contribution in [-0.2, 0) is 6.54 Å². The second-order valence-corrected chi connectivity index (χ2v) is 6.29. The van der Waals surface area contributed by atoms with Gasteiger partial charge in [-0.2, -0.15) is 0 Å². The normalized spacial score (nSPS) is 10.7. The number of hydrogen-bond donors (Lipinski definition) is 0. The predicted octanol–water partition coefficient (Wildman–Crippen LogP) is 5.31. The molecular weight excluding hydrogens is 359 g/mol. The van der Waals surface area contributed by atoms with Gasteiger partial charge in [0.1, 0.15) is 6.26 Å². The van der Waals surface area contributed by atoms with Crippen molar-refractivity contribution in [3.05, 3.63) is 76.1 Å². The quantitative estimate of drug-likeness (QED) is 0.607. The average Bonchev–Trinajstić information content (AvgIpc) is 3.12. The van der Waals surface area contributed by atoms with Crippen molar-refractivity contribution in [3.8, 4) is 11.5 Å². The Kier molecular flexibility index (Phi) is 5.41. The number of halogens is 2. The van der Waals surface area contributed by atoms with Gasteiger partial charge in [-0.05, 0) is 30.7 Å². The average molecular weight is 375 g/mol. The minimum absolute atomic E-state index is 0.179. The molecule has 1 aromatic heterocycles. The van der Waals surface area contributed by atoms with Gasteiger partial charge in [0.2, 0.25) is 5.89 Å². The largest absolute Gasteiger partial charge is 0.444 e. The van der Waals surface area contributed by atoms with E-state index in [0.29, 0.717) is 34.6 Å². The summed E-state index contributed by atoms with van der Waals surface area (Å²) in [6, 6.07) is 14.9. The van der Waals surface area contributed by atoms with Crippen molar-refractivity contribution in [2.24, 2.45) is 0 Å². The Morgan fingerprint density at radius 1 is 1.12 bits per heavy atom. The summed E-state index contributed by atoms with van der Waals surface area (Å²) in [5, 5.41) is 0.859. The summed E-state index contributed by atoms with van der Waals surface area (Å²) in [6.45, 7) is 3.02. The first kappa shape index (κ1) is 17.5. The maximum Gasteiger partial charge on any atom is 0.276 e. The summed E-state index contributed by atoms with van der Waals surface area (Å²) < 4.78 is 5.45. The summed E-state index contributed by atoms with van der Waals surface area (Å²) in [5.74, 6) is 0.152. The van der Waals surface area contributed by atoms with Crippen molar-refractivity contribution in [2.45, 2.75) is 13.5 Å². The first-order valence-electron chi connectivity index (χ1n) is 7.82. The molecular formula is C19H16Cl2N2O2. The number of benzene rings is 2. The zero-order valence-corrected chi connectivity index (χ0v) is 15.1. The van der Waals surface area contributed by atoms with Crippen LogP contribution in [0.15, 0.2) is 59.2 Å². The number of oxazole rings is 1. The minimum atomic E-state index is -0.179. The molecule has 1 amide bonds. The summed E-state index contributed by atoms with van der Waals surface area (Å²) in [6.07, 6.45) is 1.37. The van der Waals surface area contributed by atoms with Gasteiger partial charge in [-0.3, -0.25) is 4.79 Å². The second-order valence-electron chi connectivity index (χ2n) is 5.47. The van der Waals surface area contributed by atoms with Crippen molar-refractivity contribution < 1.29 is 9.21 Å². The fourth-order valence-corrected chi connectivity index (χ4v) is 2.72.